The summed E-state index contributed by atoms with van der Waals surface area (Å²) >= 11 is 0. The maximum Gasteiger partial charge on any atom is 4.00 e. The summed E-state index contributed by atoms with van der Waals surface area (Å²) < 4.78 is 0. The summed E-state index contributed by atoms with van der Waals surface area (Å²) in [5.41, 5.74) is 6.61. The number of nitrogens with zero attached hydrogens (tertiary/aromatic N) is 1. The number of carboxylic acids is 1. The summed E-state index contributed by atoms with van der Waals surface area (Å²) in [6.45, 7) is 1.63. The van der Waals surface area contributed by atoms with Crippen LogP contribution in [0.2, 0.25) is 0 Å². The van der Waals surface area contributed by atoms with Gasteiger partial charge in [-0.25, -0.2) is 0 Å². The number of aliphatic carboxylic acids is 1. The van der Waals surface area contributed by atoms with Gasteiger partial charge in [-0.3, -0.25) is 0 Å². The first-order chi connectivity index (χ1) is 4.59. The molecule has 1 unspecified atom stereocenters. The molecule has 0 aliphatic carbocycles. The predicted octanol–water partition coefficient (Wildman–Crippen LogP) is -5.96. The third kappa shape index (κ3) is 55.9. The van der Waals surface area contributed by atoms with Gasteiger partial charge in [-0.1, -0.05) is 19.4 Å². The molecule has 98 valence electrons. The Morgan fingerprint density at radius 3 is 1.67 bits per heavy atom. The van der Waals surface area contributed by atoms with Gasteiger partial charge in [-0.15, -0.1) is 4.91 Å². The normalized spacial score (nSPS) is 7.07. The van der Waals surface area contributed by atoms with Gasteiger partial charge in [0.1, 0.15) is 0 Å². The van der Waals surface area contributed by atoms with Crippen LogP contribution in [0.3, 0.4) is 0 Å². The van der Waals surface area contributed by atoms with E-state index in [4.69, 9.17) is 15.8 Å². The zero-order chi connectivity index (χ0) is 8.57. The van der Waals surface area contributed by atoms with Crippen LogP contribution in [0.5, 0.6) is 0 Å². The van der Waals surface area contributed by atoms with Gasteiger partial charge in [-0.05, 0) is 0 Å². The van der Waals surface area contributed by atoms with Crippen molar-refractivity contribution in [1.29, 1.82) is 0 Å². The average Bonchev–Trinajstić information content (AvgIpc) is 1.88. The van der Waals surface area contributed by atoms with E-state index >= 15 is 0 Å². The molecule has 0 aromatic carbocycles. The molecule has 0 saturated heterocycles. The molecule has 1 atom stereocenters. The topological polar surface area (TPSA) is 184 Å². The third-order valence-corrected chi connectivity index (χ3v) is 0.693. The van der Waals surface area contributed by atoms with Gasteiger partial charge >= 0.3 is 21.1 Å². The van der Waals surface area contributed by atoms with Crippen LogP contribution in [0.1, 0.15) is 13.3 Å². The first kappa shape index (κ1) is 45.9. The van der Waals surface area contributed by atoms with E-state index in [1.807, 2.05) is 0 Å². The second-order valence-electron chi connectivity index (χ2n) is 1.36. The third-order valence-electron chi connectivity index (χ3n) is 0.693. The molecule has 0 spiro atoms. The predicted molar refractivity (Wildman–Crippen MR) is 41.0 cm³/mol. The molecule has 0 aromatic rings. The molecule has 8 nitrogen and oxygen atoms in total. The van der Waals surface area contributed by atoms with Crippen LogP contribution in [0.15, 0.2) is 5.34 Å². The fourth-order valence-corrected chi connectivity index (χ4v) is 0.167. The smallest absolute Gasteiger partial charge is 1.00 e. The van der Waals surface area contributed by atoms with Crippen molar-refractivity contribution in [2.24, 2.45) is 5.34 Å². The number of halogens is 2. The van der Waals surface area contributed by atoms with Crippen LogP contribution in [-0.4, -0.2) is 17.2 Å². The molecule has 0 aromatic heterocycles. The molecule has 15 heavy (non-hydrogen) atoms. The summed E-state index contributed by atoms with van der Waals surface area (Å²) in [5.74, 6) is -1.29. The van der Waals surface area contributed by atoms with E-state index in [1.54, 1.807) is 6.92 Å². The van der Waals surface area contributed by atoms with E-state index in [0.29, 0.717) is 6.42 Å². The zero-order valence-corrected chi connectivity index (χ0v) is 11.7. The van der Waals surface area contributed by atoms with Crippen molar-refractivity contribution in [3.8, 4) is 0 Å². The molecular weight excluding hydrogens is 434 g/mol. The van der Waals surface area contributed by atoms with Crippen molar-refractivity contribution < 1.29 is 61.0 Å². The number of hydrogen-bond acceptors (Lipinski definition) is 6. The Hall–Kier alpha value is 0.0183. The molecule has 0 radical (unpaired) electrons. The van der Waals surface area contributed by atoms with Gasteiger partial charge in [0.05, 0.1) is 0 Å². The van der Waals surface area contributed by atoms with E-state index in [0.717, 1.165) is 0 Å². The number of carbonyl (C=O) groups excluding carboxylic acids is 1. The Bertz CT molecular complexity index is 123. The van der Waals surface area contributed by atoms with Gasteiger partial charge in [0.15, 0.2) is 5.34 Å². The maximum absolute atomic E-state index is 9.63. The second-order valence-corrected chi connectivity index (χ2v) is 1.36. The van der Waals surface area contributed by atoms with E-state index in [9.17, 15) is 9.90 Å². The summed E-state index contributed by atoms with van der Waals surface area (Å²) in [5, 5.41) is 17.5. The van der Waals surface area contributed by atoms with E-state index in [1.165, 1.54) is 5.34 Å². The Labute approximate surface area is 115 Å². The molecule has 0 amide bonds. The number of nitrogens with one attached hydrogen (secondary N) is 1. The fourth-order valence-electron chi connectivity index (χ4n) is 0.167. The minimum absolute atomic E-state index is 0. The standard InChI is InChI=1S/C4H8NO2.2ClH.HNO2.2H3N.Pt/c1-2-3(5)4(6)7;;;2-1-3;;;/h3,5H,2H2,1H3,(H,6,7);2*1H;(H,2,3);2*1H3;/q-1;;;;;;+4/p-3. The number of rotatable bonds is 2. The van der Waals surface area contributed by atoms with Crippen LogP contribution < -0.4 is 42.2 Å². The molecule has 0 rings (SSSR count). The second kappa shape index (κ2) is 37.0. The first-order valence-electron chi connectivity index (χ1n) is 2.48. The Morgan fingerprint density at radius 1 is 1.47 bits per heavy atom. The summed E-state index contributed by atoms with van der Waals surface area (Å²) in [4.78, 5) is 17.7. The van der Waals surface area contributed by atoms with Gasteiger partial charge in [0, 0.05) is 5.97 Å². The van der Waals surface area contributed by atoms with Crippen LogP contribution >= 0.6 is 0 Å². The fraction of sp³-hybridized carbons (Fsp3) is 0.750. The summed E-state index contributed by atoms with van der Waals surface area (Å²) in [6.07, 6.45) is 0.322. The maximum atomic E-state index is 9.63. The minimum atomic E-state index is -1.29. The van der Waals surface area contributed by atoms with E-state index in [2.05, 4.69) is 0 Å². The van der Waals surface area contributed by atoms with Crippen LogP contribution in [-0.2, 0) is 25.9 Å². The van der Waals surface area contributed by atoms with Crippen molar-refractivity contribution in [1.82, 2.24) is 12.3 Å². The molecule has 0 heterocycles. The molecule has 11 heteroatoms. The van der Waals surface area contributed by atoms with Crippen molar-refractivity contribution in [3.05, 3.63) is 10.6 Å². The van der Waals surface area contributed by atoms with Gasteiger partial charge in [0.2, 0.25) is 0 Å². The van der Waals surface area contributed by atoms with Crippen LogP contribution in [0.4, 0.5) is 0 Å². The molecule has 0 aliphatic rings. The van der Waals surface area contributed by atoms with Gasteiger partial charge in [-0.2, -0.15) is 0 Å². The molecule has 0 bridgehead atoms. The number of hydrogen-bond donors (Lipinski definition) is 3. The Balaban J connectivity index is -0.0000000147. The van der Waals surface area contributed by atoms with Crippen molar-refractivity contribution >= 4 is 5.97 Å². The first-order valence-corrected chi connectivity index (χ1v) is 2.48. The summed E-state index contributed by atoms with van der Waals surface area (Å²) in [6, 6.07) is -1.04. The van der Waals surface area contributed by atoms with E-state index < -0.39 is 12.0 Å². The van der Waals surface area contributed by atoms with Crippen molar-refractivity contribution in [2.45, 2.75) is 19.4 Å². The number of carbonyl (C=O) groups is 1. The molecule has 0 aliphatic heterocycles. The SMILES string of the molecule is CCC([NH-])C(=O)[O-].N.N.O=NO.[Cl-].[Cl-].[Pt+4]. The zero-order valence-electron chi connectivity index (χ0n) is 7.89. The van der Waals surface area contributed by atoms with Gasteiger partial charge < -0.3 is 58.0 Å². The Kier molecular flexibility index (Phi) is 113. The largest absolute Gasteiger partial charge is 4.00 e. The quantitative estimate of drug-likeness (QED) is 0.279. The molecule has 8 N–H and O–H groups in total. The van der Waals surface area contributed by atoms with E-state index in [-0.39, 0.29) is 58.2 Å². The van der Waals surface area contributed by atoms with Crippen molar-refractivity contribution in [3.63, 3.8) is 0 Å². The average molecular weight is 448 g/mol. The van der Waals surface area contributed by atoms with Gasteiger partial charge in [0.25, 0.3) is 0 Å². The molecule has 0 fully saturated rings. The van der Waals surface area contributed by atoms with Crippen LogP contribution in [0, 0.1) is 4.91 Å². The van der Waals surface area contributed by atoms with Crippen LogP contribution in [0.25, 0.3) is 5.73 Å². The minimum Gasteiger partial charge on any atom is -1.00 e. The molecular formula is C4H14Cl2N4O4Pt. The monoisotopic (exact) mass is 447 g/mol. The van der Waals surface area contributed by atoms with Crippen molar-refractivity contribution in [2.75, 3.05) is 0 Å². The number of carboxylic acid groups (broad SMARTS) is 1. The molecule has 0 saturated carbocycles. The summed E-state index contributed by atoms with van der Waals surface area (Å²) in [7, 11) is 0. The Morgan fingerprint density at radius 2 is 1.67 bits per heavy atom.